The van der Waals surface area contributed by atoms with Crippen LogP contribution in [0.3, 0.4) is 0 Å². The van der Waals surface area contributed by atoms with Crippen molar-refractivity contribution in [1.29, 1.82) is 0 Å². The van der Waals surface area contributed by atoms with Crippen molar-refractivity contribution in [3.05, 3.63) is 0 Å². The molecule has 0 N–H and O–H groups in total. The van der Waals surface area contributed by atoms with E-state index in [4.69, 9.17) is 0 Å². The van der Waals surface area contributed by atoms with E-state index in [0.717, 1.165) is 19.3 Å². The fourth-order valence-corrected chi connectivity index (χ4v) is 2.13. The van der Waals surface area contributed by atoms with Gasteiger partial charge in [-0.25, -0.2) is 4.39 Å². The maximum atomic E-state index is 13.3. The number of alkyl halides is 1. The molecule has 0 unspecified atom stereocenters. The Labute approximate surface area is 75.5 Å². The molecule has 0 saturated heterocycles. The number of hydrogen-bond acceptors (Lipinski definition) is 0. The minimum Gasteiger partial charge on any atom is -0.247 e. The van der Waals surface area contributed by atoms with Gasteiger partial charge in [-0.15, -0.1) is 0 Å². The molecule has 0 heterocycles. The lowest BCUT2D eigenvalue weighted by Gasteiger charge is -2.25. The molecule has 0 aromatic carbocycles. The molecule has 1 aliphatic carbocycles. The van der Waals surface area contributed by atoms with Crippen molar-refractivity contribution in [3.8, 4) is 0 Å². The summed E-state index contributed by atoms with van der Waals surface area (Å²) >= 11 is 0. The fraction of sp³-hybridized carbons (Fsp3) is 1.00. The van der Waals surface area contributed by atoms with Crippen LogP contribution in [-0.4, -0.2) is 6.17 Å². The molecule has 0 radical (unpaired) electrons. The van der Waals surface area contributed by atoms with Gasteiger partial charge in [-0.2, -0.15) is 0 Å². The van der Waals surface area contributed by atoms with Crippen LogP contribution in [0, 0.1) is 5.41 Å². The van der Waals surface area contributed by atoms with Crippen molar-refractivity contribution < 1.29 is 4.39 Å². The van der Waals surface area contributed by atoms with Crippen LogP contribution in [-0.2, 0) is 0 Å². The zero-order valence-electron chi connectivity index (χ0n) is 8.41. The van der Waals surface area contributed by atoms with Crippen LogP contribution in [0.1, 0.15) is 58.8 Å². The van der Waals surface area contributed by atoms with Crippen LogP contribution >= 0.6 is 0 Å². The van der Waals surface area contributed by atoms with Crippen molar-refractivity contribution in [2.75, 3.05) is 0 Å². The Morgan fingerprint density at radius 1 is 1.08 bits per heavy atom. The summed E-state index contributed by atoms with van der Waals surface area (Å²) in [4.78, 5) is 0. The molecular weight excluding hydrogens is 151 g/mol. The Hall–Kier alpha value is -0.0700. The molecule has 0 amide bonds. The van der Waals surface area contributed by atoms with Gasteiger partial charge in [-0.05, 0) is 24.7 Å². The lowest BCUT2D eigenvalue weighted by atomic mass is 9.82. The molecule has 1 fully saturated rings. The molecule has 1 rings (SSSR count). The van der Waals surface area contributed by atoms with E-state index >= 15 is 0 Å². The third-order valence-electron chi connectivity index (χ3n) is 2.89. The van der Waals surface area contributed by atoms with Gasteiger partial charge in [0.15, 0.2) is 0 Å². The summed E-state index contributed by atoms with van der Waals surface area (Å²) in [6, 6.07) is 0. The highest BCUT2D eigenvalue weighted by molar-refractivity contribution is 4.75. The van der Waals surface area contributed by atoms with Crippen LogP contribution in [0.5, 0.6) is 0 Å². The highest BCUT2D eigenvalue weighted by Crippen LogP contribution is 2.33. The molecular formula is C11H21F. The molecule has 0 aliphatic heterocycles. The second-order valence-corrected chi connectivity index (χ2v) is 4.92. The van der Waals surface area contributed by atoms with Crippen LogP contribution in [0.2, 0.25) is 0 Å². The van der Waals surface area contributed by atoms with E-state index in [1.54, 1.807) is 0 Å². The highest BCUT2D eigenvalue weighted by atomic mass is 19.1. The summed E-state index contributed by atoms with van der Waals surface area (Å²) in [5, 5.41) is 0. The molecule has 0 nitrogen and oxygen atoms in total. The Bertz CT molecular complexity index is 129. The smallest absolute Gasteiger partial charge is 0.101 e. The second-order valence-electron chi connectivity index (χ2n) is 4.92. The van der Waals surface area contributed by atoms with Crippen molar-refractivity contribution in [2.24, 2.45) is 5.41 Å². The monoisotopic (exact) mass is 172 g/mol. The molecule has 72 valence electrons. The summed E-state index contributed by atoms with van der Waals surface area (Å²) in [6.45, 7) is 4.40. The first-order valence-corrected chi connectivity index (χ1v) is 5.24. The number of rotatable bonds is 0. The average molecular weight is 172 g/mol. The molecule has 1 heteroatoms. The fourth-order valence-electron chi connectivity index (χ4n) is 2.13. The lowest BCUT2D eigenvalue weighted by molar-refractivity contribution is 0.191. The van der Waals surface area contributed by atoms with Crippen LogP contribution < -0.4 is 0 Å². The van der Waals surface area contributed by atoms with Crippen molar-refractivity contribution in [1.82, 2.24) is 0 Å². The summed E-state index contributed by atoms with van der Waals surface area (Å²) in [6.07, 6.45) is 7.14. The second kappa shape index (κ2) is 4.25. The zero-order chi connectivity index (χ0) is 9.03. The predicted molar refractivity (Wildman–Crippen MR) is 51.0 cm³/mol. The maximum absolute atomic E-state index is 13.3. The molecule has 0 aromatic rings. The van der Waals surface area contributed by atoms with E-state index in [2.05, 4.69) is 13.8 Å². The van der Waals surface area contributed by atoms with Crippen molar-refractivity contribution in [3.63, 3.8) is 0 Å². The summed E-state index contributed by atoms with van der Waals surface area (Å²) in [5.74, 6) is 0. The van der Waals surface area contributed by atoms with Gasteiger partial charge >= 0.3 is 0 Å². The first-order chi connectivity index (χ1) is 5.60. The summed E-state index contributed by atoms with van der Waals surface area (Å²) in [7, 11) is 0. The van der Waals surface area contributed by atoms with Gasteiger partial charge in [-0.1, -0.05) is 39.5 Å². The highest BCUT2D eigenvalue weighted by Gasteiger charge is 2.23. The van der Waals surface area contributed by atoms with Gasteiger partial charge in [0.05, 0.1) is 0 Å². The van der Waals surface area contributed by atoms with Crippen LogP contribution in [0.25, 0.3) is 0 Å². The number of halogens is 1. The van der Waals surface area contributed by atoms with Crippen LogP contribution in [0.15, 0.2) is 0 Å². The number of hydrogen-bond donors (Lipinski definition) is 0. The van der Waals surface area contributed by atoms with Gasteiger partial charge in [-0.3, -0.25) is 0 Å². The third-order valence-corrected chi connectivity index (χ3v) is 2.89. The van der Waals surface area contributed by atoms with Crippen molar-refractivity contribution >= 4 is 0 Å². The predicted octanol–water partition coefficient (Wildman–Crippen LogP) is 4.10. The topological polar surface area (TPSA) is 0 Å². The van der Waals surface area contributed by atoms with E-state index in [0.29, 0.717) is 0 Å². The van der Waals surface area contributed by atoms with Crippen LogP contribution in [0.4, 0.5) is 4.39 Å². The largest absolute Gasteiger partial charge is 0.247 e. The molecule has 0 bridgehead atoms. The Morgan fingerprint density at radius 3 is 2.50 bits per heavy atom. The van der Waals surface area contributed by atoms with E-state index in [-0.39, 0.29) is 5.41 Å². The van der Waals surface area contributed by atoms with Crippen molar-refractivity contribution in [2.45, 2.75) is 65.0 Å². The minimum absolute atomic E-state index is 0.240. The van der Waals surface area contributed by atoms with Gasteiger partial charge in [0.1, 0.15) is 6.17 Å². The molecule has 1 atom stereocenters. The Kier molecular flexibility index (Phi) is 3.54. The zero-order valence-corrected chi connectivity index (χ0v) is 8.41. The van der Waals surface area contributed by atoms with E-state index in [1.807, 2.05) is 0 Å². The standard InChI is InChI=1S/C11H21F/c1-11(2)8-6-4-3-5-7-10(12)9-11/h10H,3-9H2,1-2H3/t10-/m1/s1. The van der Waals surface area contributed by atoms with E-state index < -0.39 is 6.17 Å². The minimum atomic E-state index is -0.543. The molecule has 0 spiro atoms. The Morgan fingerprint density at radius 2 is 1.75 bits per heavy atom. The Balaban J connectivity index is 2.44. The summed E-state index contributed by atoms with van der Waals surface area (Å²) in [5.41, 5.74) is 0.240. The molecule has 12 heavy (non-hydrogen) atoms. The van der Waals surface area contributed by atoms with E-state index in [1.165, 1.54) is 25.7 Å². The molecule has 0 aromatic heterocycles. The SMILES string of the molecule is CC1(C)CCCCCC[C@@H](F)C1. The van der Waals surface area contributed by atoms with Gasteiger partial charge in [0, 0.05) is 0 Å². The first kappa shape index (κ1) is 10.0. The lowest BCUT2D eigenvalue weighted by Crippen LogP contribution is -2.17. The first-order valence-electron chi connectivity index (χ1n) is 5.24. The van der Waals surface area contributed by atoms with Gasteiger partial charge in [0.25, 0.3) is 0 Å². The normalized spacial score (nSPS) is 31.8. The quantitative estimate of drug-likeness (QED) is 0.516. The summed E-state index contributed by atoms with van der Waals surface area (Å²) < 4.78 is 13.3. The maximum Gasteiger partial charge on any atom is 0.101 e. The average Bonchev–Trinajstić information content (AvgIpc) is 1.99. The van der Waals surface area contributed by atoms with Gasteiger partial charge < -0.3 is 0 Å². The van der Waals surface area contributed by atoms with E-state index in [9.17, 15) is 4.39 Å². The van der Waals surface area contributed by atoms with Gasteiger partial charge in [0.2, 0.25) is 0 Å². The molecule has 1 aliphatic rings. The molecule has 1 saturated carbocycles. The third kappa shape index (κ3) is 3.55.